The van der Waals surface area contributed by atoms with E-state index in [1.54, 1.807) is 4.90 Å². The van der Waals surface area contributed by atoms with E-state index >= 15 is 0 Å². The van der Waals surface area contributed by atoms with Crippen LogP contribution in [-0.4, -0.2) is 64.7 Å². The third kappa shape index (κ3) is 5.33. The number of carboxylic acids is 1. The van der Waals surface area contributed by atoms with Crippen LogP contribution in [0.3, 0.4) is 0 Å². The minimum atomic E-state index is -0.886. The van der Waals surface area contributed by atoms with Crippen molar-refractivity contribution in [1.82, 2.24) is 10.2 Å². The Morgan fingerprint density at radius 1 is 1.12 bits per heavy atom. The standard InChI is InChI=1S/C25H28N2O5S/c1-16(10-11-23(28)27-12-13-33-22(14-27)24(29)30)26-25(31)32-15-21-19-8-4-2-6-17(19)18-7-3-5-9-20(18)21/h2-9,16,21-22H,10-15H2,1H3,(H,26,31)(H,29,30). The molecule has 0 radical (unpaired) electrons. The molecule has 2 aromatic rings. The van der Waals surface area contributed by atoms with Gasteiger partial charge in [-0.25, -0.2) is 4.79 Å². The van der Waals surface area contributed by atoms with Crippen LogP contribution in [0.15, 0.2) is 48.5 Å². The predicted molar refractivity (Wildman–Crippen MR) is 127 cm³/mol. The maximum atomic E-state index is 12.5. The third-order valence-electron chi connectivity index (χ3n) is 6.19. The van der Waals surface area contributed by atoms with E-state index < -0.39 is 17.3 Å². The molecular weight excluding hydrogens is 440 g/mol. The summed E-state index contributed by atoms with van der Waals surface area (Å²) in [6.45, 7) is 2.86. The molecule has 2 unspecified atom stereocenters. The molecule has 1 heterocycles. The first-order valence-electron chi connectivity index (χ1n) is 11.2. The van der Waals surface area contributed by atoms with Gasteiger partial charge in [0.05, 0.1) is 0 Å². The van der Waals surface area contributed by atoms with E-state index in [0.29, 0.717) is 18.7 Å². The van der Waals surface area contributed by atoms with E-state index in [4.69, 9.17) is 4.74 Å². The Morgan fingerprint density at radius 2 is 1.76 bits per heavy atom. The van der Waals surface area contributed by atoms with Crippen LogP contribution in [-0.2, 0) is 14.3 Å². The van der Waals surface area contributed by atoms with Crippen LogP contribution < -0.4 is 5.32 Å². The summed E-state index contributed by atoms with van der Waals surface area (Å²) in [5, 5.41) is 11.4. The van der Waals surface area contributed by atoms with Crippen molar-refractivity contribution in [3.8, 4) is 11.1 Å². The van der Waals surface area contributed by atoms with Crippen molar-refractivity contribution < 1.29 is 24.2 Å². The number of nitrogens with zero attached hydrogens (tertiary/aromatic N) is 1. The van der Waals surface area contributed by atoms with E-state index in [0.717, 1.165) is 11.1 Å². The maximum absolute atomic E-state index is 12.5. The van der Waals surface area contributed by atoms with Gasteiger partial charge >= 0.3 is 12.1 Å². The van der Waals surface area contributed by atoms with Crippen molar-refractivity contribution >= 4 is 29.7 Å². The normalized spacial score (nSPS) is 18.2. The lowest BCUT2D eigenvalue weighted by molar-refractivity contribution is -0.138. The van der Waals surface area contributed by atoms with Crippen LogP contribution >= 0.6 is 11.8 Å². The Labute approximate surface area is 197 Å². The molecule has 174 valence electrons. The lowest BCUT2D eigenvalue weighted by Gasteiger charge is -2.30. The highest BCUT2D eigenvalue weighted by molar-refractivity contribution is 8.00. The van der Waals surface area contributed by atoms with Gasteiger partial charge in [-0.1, -0.05) is 48.5 Å². The largest absolute Gasteiger partial charge is 0.480 e. The highest BCUT2D eigenvalue weighted by Gasteiger charge is 2.30. The van der Waals surface area contributed by atoms with Crippen molar-refractivity contribution in [1.29, 1.82) is 0 Å². The molecule has 2 aromatic carbocycles. The quantitative estimate of drug-likeness (QED) is 0.643. The Bertz CT molecular complexity index is 997. The van der Waals surface area contributed by atoms with Crippen LogP contribution in [0.2, 0.25) is 0 Å². The molecule has 0 spiro atoms. The van der Waals surface area contributed by atoms with E-state index in [1.165, 1.54) is 22.9 Å². The summed E-state index contributed by atoms with van der Waals surface area (Å²) in [6.07, 6.45) is 0.212. The van der Waals surface area contributed by atoms with E-state index in [9.17, 15) is 19.5 Å². The molecule has 1 aliphatic carbocycles. The van der Waals surface area contributed by atoms with Crippen LogP contribution in [0, 0.1) is 0 Å². The molecule has 2 aliphatic rings. The fourth-order valence-electron chi connectivity index (χ4n) is 4.44. The molecular formula is C25H28N2O5S. The van der Waals surface area contributed by atoms with Gasteiger partial charge in [-0.15, -0.1) is 11.8 Å². The first-order chi connectivity index (χ1) is 15.9. The van der Waals surface area contributed by atoms with Gasteiger partial charge in [0.15, 0.2) is 0 Å². The second-order valence-corrected chi connectivity index (χ2v) is 9.76. The summed E-state index contributed by atoms with van der Waals surface area (Å²) >= 11 is 1.37. The molecule has 0 saturated carbocycles. The Balaban J connectivity index is 1.25. The van der Waals surface area contributed by atoms with Gasteiger partial charge in [-0.3, -0.25) is 9.59 Å². The maximum Gasteiger partial charge on any atom is 0.407 e. The van der Waals surface area contributed by atoms with E-state index in [2.05, 4.69) is 29.6 Å². The van der Waals surface area contributed by atoms with Crippen molar-refractivity contribution in [3.05, 3.63) is 59.7 Å². The molecule has 0 aromatic heterocycles. The molecule has 1 saturated heterocycles. The highest BCUT2D eigenvalue weighted by Crippen LogP contribution is 2.44. The number of alkyl carbamates (subject to hydrolysis) is 1. The summed E-state index contributed by atoms with van der Waals surface area (Å²) in [6, 6.07) is 16.1. The zero-order valence-electron chi connectivity index (χ0n) is 18.5. The Kier molecular flexibility index (Phi) is 7.23. The number of hydrogen-bond acceptors (Lipinski definition) is 5. The minimum absolute atomic E-state index is 0.000753. The number of carboxylic acid groups (broad SMARTS) is 1. The summed E-state index contributed by atoms with van der Waals surface area (Å²) < 4.78 is 5.56. The number of thioether (sulfide) groups is 1. The number of fused-ring (bicyclic) bond motifs is 3. The molecule has 2 N–H and O–H groups in total. The first kappa shape index (κ1) is 23.2. The van der Waals surface area contributed by atoms with Crippen LogP contribution in [0.1, 0.15) is 36.8 Å². The third-order valence-corrected chi connectivity index (χ3v) is 7.37. The molecule has 4 rings (SSSR count). The fraction of sp³-hybridized carbons (Fsp3) is 0.400. The van der Waals surface area contributed by atoms with E-state index in [1.807, 2.05) is 31.2 Å². The van der Waals surface area contributed by atoms with Gasteiger partial charge in [0.1, 0.15) is 11.9 Å². The van der Waals surface area contributed by atoms with Crippen molar-refractivity contribution in [2.45, 2.75) is 37.0 Å². The summed E-state index contributed by atoms with van der Waals surface area (Å²) in [4.78, 5) is 37.7. The second-order valence-electron chi connectivity index (χ2n) is 8.45. The molecule has 1 fully saturated rings. The van der Waals surface area contributed by atoms with Crippen LogP contribution in [0.4, 0.5) is 4.79 Å². The number of nitrogens with one attached hydrogen (secondary N) is 1. The number of ether oxygens (including phenoxy) is 1. The van der Waals surface area contributed by atoms with Gasteiger partial charge < -0.3 is 20.1 Å². The molecule has 33 heavy (non-hydrogen) atoms. The van der Waals surface area contributed by atoms with E-state index in [-0.39, 0.29) is 37.4 Å². The molecule has 1 aliphatic heterocycles. The Morgan fingerprint density at radius 3 is 2.39 bits per heavy atom. The minimum Gasteiger partial charge on any atom is -0.480 e. The molecule has 8 heteroatoms. The average Bonchev–Trinajstić information content (AvgIpc) is 3.15. The summed E-state index contributed by atoms with van der Waals surface area (Å²) in [5.41, 5.74) is 4.67. The van der Waals surface area contributed by atoms with Gasteiger partial charge in [0.25, 0.3) is 0 Å². The van der Waals surface area contributed by atoms with Gasteiger partial charge in [0, 0.05) is 37.2 Å². The number of aliphatic carboxylic acids is 1. The first-order valence-corrected chi connectivity index (χ1v) is 12.2. The topological polar surface area (TPSA) is 95.9 Å². The second kappa shape index (κ2) is 10.3. The van der Waals surface area contributed by atoms with Crippen LogP contribution in [0.25, 0.3) is 11.1 Å². The lowest BCUT2D eigenvalue weighted by atomic mass is 9.98. The number of carbonyl (C=O) groups excluding carboxylic acids is 2. The van der Waals surface area contributed by atoms with Gasteiger partial charge in [0.2, 0.25) is 5.91 Å². The zero-order valence-corrected chi connectivity index (χ0v) is 19.3. The number of benzene rings is 2. The van der Waals surface area contributed by atoms with Crippen LogP contribution in [0.5, 0.6) is 0 Å². The van der Waals surface area contributed by atoms with Gasteiger partial charge in [-0.2, -0.15) is 0 Å². The monoisotopic (exact) mass is 468 g/mol. The number of amides is 2. The highest BCUT2D eigenvalue weighted by atomic mass is 32.2. The summed E-state index contributed by atoms with van der Waals surface area (Å²) in [5.74, 6) is -0.347. The SMILES string of the molecule is CC(CCC(=O)N1CCSC(C(=O)O)C1)NC(=O)OCC1c2ccccc2-c2ccccc21. The van der Waals surface area contributed by atoms with Crippen molar-refractivity contribution in [2.75, 3.05) is 25.4 Å². The zero-order chi connectivity index (χ0) is 23.4. The van der Waals surface area contributed by atoms with Gasteiger partial charge in [-0.05, 0) is 35.6 Å². The number of rotatable bonds is 7. The summed E-state index contributed by atoms with van der Waals surface area (Å²) in [7, 11) is 0. The molecule has 2 atom stereocenters. The average molecular weight is 469 g/mol. The molecule has 2 amide bonds. The van der Waals surface area contributed by atoms with Crippen molar-refractivity contribution in [2.24, 2.45) is 0 Å². The predicted octanol–water partition coefficient (Wildman–Crippen LogP) is 3.72. The molecule has 0 bridgehead atoms. The Hall–Kier alpha value is -3.00. The molecule has 7 nitrogen and oxygen atoms in total. The number of hydrogen-bond donors (Lipinski definition) is 2. The lowest BCUT2D eigenvalue weighted by Crippen LogP contribution is -2.45. The smallest absolute Gasteiger partial charge is 0.407 e. The fourth-order valence-corrected chi connectivity index (χ4v) is 5.47. The number of carbonyl (C=O) groups is 3. The van der Waals surface area contributed by atoms with Crippen molar-refractivity contribution in [3.63, 3.8) is 0 Å².